The number of fused-ring (bicyclic) bond motifs is 1. The van der Waals surface area contributed by atoms with Gasteiger partial charge < -0.3 is 14.8 Å². The summed E-state index contributed by atoms with van der Waals surface area (Å²) >= 11 is 1.42. The van der Waals surface area contributed by atoms with Gasteiger partial charge in [0, 0.05) is 13.6 Å². The third-order valence-electron chi connectivity index (χ3n) is 6.50. The number of benzene rings is 3. The summed E-state index contributed by atoms with van der Waals surface area (Å²) in [4.78, 5) is 33.0. The molecule has 0 aliphatic carbocycles. The molecule has 3 aromatic carbocycles. The molecule has 0 unspecified atom stereocenters. The minimum Gasteiger partial charge on any atom is -0.343 e. The van der Waals surface area contributed by atoms with Crippen molar-refractivity contribution in [2.75, 3.05) is 12.3 Å². The summed E-state index contributed by atoms with van der Waals surface area (Å²) in [5.74, 6) is 0.110. The van der Waals surface area contributed by atoms with E-state index in [1.807, 2.05) is 96.5 Å². The lowest BCUT2D eigenvalue weighted by Crippen LogP contribution is -2.47. The number of hydrogen-bond acceptors (Lipinski definition) is 4. The predicted octanol–water partition coefficient (Wildman–Crippen LogP) is 4.56. The Bertz CT molecular complexity index is 1280. The molecule has 0 saturated carbocycles. The van der Waals surface area contributed by atoms with E-state index in [1.165, 1.54) is 11.8 Å². The highest BCUT2D eigenvalue weighted by Crippen LogP contribution is 2.27. The summed E-state index contributed by atoms with van der Waals surface area (Å²) in [5, 5.41) is 4.02. The van der Waals surface area contributed by atoms with Crippen LogP contribution >= 0.6 is 11.8 Å². The van der Waals surface area contributed by atoms with Gasteiger partial charge in [0.1, 0.15) is 6.04 Å². The highest BCUT2D eigenvalue weighted by molar-refractivity contribution is 7.99. The molecule has 1 atom stereocenters. The molecule has 1 aliphatic heterocycles. The van der Waals surface area contributed by atoms with Crippen LogP contribution in [0.2, 0.25) is 0 Å². The SMILES string of the molecule is Cn1c(SCC(=O)N2CCC[C@H]2C(=O)NC(c2ccccc2)c2ccccc2)nc2ccccc21. The van der Waals surface area contributed by atoms with Crippen molar-refractivity contribution >= 4 is 34.6 Å². The van der Waals surface area contributed by atoms with Crippen LogP contribution in [0.1, 0.15) is 30.0 Å². The summed E-state index contributed by atoms with van der Waals surface area (Å²) in [7, 11) is 1.96. The normalized spacial score (nSPS) is 15.6. The Morgan fingerprint density at radius 1 is 0.971 bits per heavy atom. The molecular weight excluding hydrogens is 456 g/mol. The number of aryl methyl sites for hydroxylation is 1. The molecule has 35 heavy (non-hydrogen) atoms. The Hall–Kier alpha value is -3.58. The van der Waals surface area contributed by atoms with Gasteiger partial charge in [-0.1, -0.05) is 84.6 Å². The number of imidazole rings is 1. The molecule has 1 aromatic heterocycles. The molecule has 6 nitrogen and oxygen atoms in total. The first kappa shape index (κ1) is 23.2. The zero-order valence-electron chi connectivity index (χ0n) is 19.6. The summed E-state index contributed by atoms with van der Waals surface area (Å²) in [6, 6.07) is 27.1. The first-order valence-electron chi connectivity index (χ1n) is 11.9. The van der Waals surface area contributed by atoms with Gasteiger partial charge in [-0.05, 0) is 36.1 Å². The smallest absolute Gasteiger partial charge is 0.243 e. The van der Waals surface area contributed by atoms with Crippen molar-refractivity contribution in [3.8, 4) is 0 Å². The third-order valence-corrected chi connectivity index (χ3v) is 7.51. The van der Waals surface area contributed by atoms with Gasteiger partial charge in [0.15, 0.2) is 5.16 Å². The average Bonchev–Trinajstić information content (AvgIpc) is 3.52. The molecule has 5 rings (SSSR count). The van der Waals surface area contributed by atoms with Crippen molar-refractivity contribution in [1.29, 1.82) is 0 Å². The van der Waals surface area contributed by atoms with Gasteiger partial charge in [0.2, 0.25) is 11.8 Å². The molecule has 178 valence electrons. The number of aromatic nitrogens is 2. The van der Waals surface area contributed by atoms with Gasteiger partial charge in [-0.2, -0.15) is 0 Å². The van der Waals surface area contributed by atoms with Gasteiger partial charge in [-0.3, -0.25) is 9.59 Å². The lowest BCUT2D eigenvalue weighted by atomic mass is 9.98. The van der Waals surface area contributed by atoms with Crippen molar-refractivity contribution in [3.63, 3.8) is 0 Å². The van der Waals surface area contributed by atoms with E-state index in [-0.39, 0.29) is 23.6 Å². The highest BCUT2D eigenvalue weighted by atomic mass is 32.2. The minimum absolute atomic E-state index is 0.0318. The minimum atomic E-state index is -0.460. The Kier molecular flexibility index (Phi) is 6.86. The maximum absolute atomic E-state index is 13.4. The fraction of sp³-hybridized carbons (Fsp3) is 0.250. The van der Waals surface area contributed by atoms with Gasteiger partial charge in [-0.25, -0.2) is 4.98 Å². The van der Waals surface area contributed by atoms with Crippen molar-refractivity contribution in [2.45, 2.75) is 30.1 Å². The first-order chi connectivity index (χ1) is 17.1. The fourth-order valence-electron chi connectivity index (χ4n) is 4.69. The molecule has 0 bridgehead atoms. The lowest BCUT2D eigenvalue weighted by molar-refractivity contribution is -0.136. The molecule has 1 saturated heterocycles. The number of likely N-dealkylation sites (tertiary alicyclic amines) is 1. The number of nitrogens with zero attached hydrogens (tertiary/aromatic N) is 3. The zero-order valence-corrected chi connectivity index (χ0v) is 20.4. The van der Waals surface area contributed by atoms with E-state index in [4.69, 9.17) is 0 Å². The monoisotopic (exact) mass is 484 g/mol. The number of para-hydroxylation sites is 2. The number of carbonyl (C=O) groups is 2. The predicted molar refractivity (Wildman–Crippen MR) is 139 cm³/mol. The Morgan fingerprint density at radius 3 is 2.26 bits per heavy atom. The summed E-state index contributed by atoms with van der Waals surface area (Å²) in [5.41, 5.74) is 3.98. The number of thioether (sulfide) groups is 1. The van der Waals surface area contributed by atoms with E-state index < -0.39 is 6.04 Å². The van der Waals surface area contributed by atoms with Gasteiger partial charge in [0.25, 0.3) is 0 Å². The molecule has 4 aromatic rings. The van der Waals surface area contributed by atoms with Crippen LogP contribution in [0, 0.1) is 0 Å². The van der Waals surface area contributed by atoms with Crippen LogP contribution in [0.15, 0.2) is 90.1 Å². The number of amides is 2. The third kappa shape index (κ3) is 4.95. The largest absolute Gasteiger partial charge is 0.343 e. The number of carbonyl (C=O) groups excluding carboxylic acids is 2. The number of hydrogen-bond donors (Lipinski definition) is 1. The summed E-state index contributed by atoms with van der Waals surface area (Å²) in [6.45, 7) is 0.599. The van der Waals surface area contributed by atoms with Gasteiger partial charge >= 0.3 is 0 Å². The Labute approximate surface area is 209 Å². The second-order valence-electron chi connectivity index (χ2n) is 8.74. The van der Waals surface area contributed by atoms with Crippen LogP contribution in [0.25, 0.3) is 11.0 Å². The second kappa shape index (κ2) is 10.4. The van der Waals surface area contributed by atoms with E-state index >= 15 is 0 Å². The van der Waals surface area contributed by atoms with Gasteiger partial charge in [-0.15, -0.1) is 0 Å². The highest BCUT2D eigenvalue weighted by Gasteiger charge is 2.35. The molecule has 2 heterocycles. The van der Waals surface area contributed by atoms with Crippen LogP contribution in [0.5, 0.6) is 0 Å². The standard InChI is InChI=1S/C28H28N4O2S/c1-31-23-16-9-8-15-22(23)29-28(31)35-19-25(33)32-18-10-17-24(32)27(34)30-26(20-11-4-2-5-12-20)21-13-6-3-7-14-21/h2-9,11-16,24,26H,10,17-19H2,1H3,(H,30,34)/t24-/m0/s1. The number of nitrogens with one attached hydrogen (secondary N) is 1. The van der Waals surface area contributed by atoms with Gasteiger partial charge in [0.05, 0.1) is 22.8 Å². The molecule has 1 N–H and O–H groups in total. The van der Waals surface area contributed by atoms with Crippen LogP contribution in [0.3, 0.4) is 0 Å². The Morgan fingerprint density at radius 2 is 1.60 bits per heavy atom. The quantitative estimate of drug-likeness (QED) is 0.391. The average molecular weight is 485 g/mol. The van der Waals surface area contributed by atoms with Crippen LogP contribution in [-0.4, -0.2) is 44.6 Å². The lowest BCUT2D eigenvalue weighted by Gasteiger charge is -2.27. The van der Waals surface area contributed by atoms with Crippen molar-refractivity contribution < 1.29 is 9.59 Å². The maximum Gasteiger partial charge on any atom is 0.243 e. The van der Waals surface area contributed by atoms with Crippen LogP contribution < -0.4 is 5.32 Å². The van der Waals surface area contributed by atoms with E-state index in [9.17, 15) is 9.59 Å². The van der Waals surface area contributed by atoms with E-state index in [0.717, 1.165) is 33.7 Å². The fourth-order valence-corrected chi connectivity index (χ4v) is 5.56. The van der Waals surface area contributed by atoms with Crippen LogP contribution in [-0.2, 0) is 16.6 Å². The Balaban J connectivity index is 1.28. The molecule has 2 amide bonds. The molecule has 1 fully saturated rings. The molecule has 7 heteroatoms. The molecule has 1 aliphatic rings. The first-order valence-corrected chi connectivity index (χ1v) is 12.8. The zero-order chi connectivity index (χ0) is 24.2. The summed E-state index contributed by atoms with van der Waals surface area (Å²) in [6.07, 6.45) is 1.49. The van der Waals surface area contributed by atoms with E-state index in [1.54, 1.807) is 4.90 Å². The summed E-state index contributed by atoms with van der Waals surface area (Å²) < 4.78 is 2.01. The number of rotatable bonds is 7. The van der Waals surface area contributed by atoms with E-state index in [0.29, 0.717) is 13.0 Å². The maximum atomic E-state index is 13.4. The van der Waals surface area contributed by atoms with Crippen LogP contribution in [0.4, 0.5) is 0 Å². The molecule has 0 radical (unpaired) electrons. The topological polar surface area (TPSA) is 67.2 Å². The van der Waals surface area contributed by atoms with Crippen molar-refractivity contribution in [3.05, 3.63) is 96.1 Å². The second-order valence-corrected chi connectivity index (χ2v) is 9.68. The van der Waals surface area contributed by atoms with E-state index in [2.05, 4.69) is 10.3 Å². The molecule has 0 spiro atoms. The van der Waals surface area contributed by atoms with Crippen molar-refractivity contribution in [1.82, 2.24) is 19.8 Å². The molecular formula is C28H28N4O2S. The van der Waals surface area contributed by atoms with Crippen molar-refractivity contribution in [2.24, 2.45) is 7.05 Å².